The summed E-state index contributed by atoms with van der Waals surface area (Å²) in [6, 6.07) is 3.12. The third-order valence-electron chi connectivity index (χ3n) is 1.84. The highest BCUT2D eigenvalue weighted by Crippen LogP contribution is 2.20. The van der Waals surface area contributed by atoms with Crippen molar-refractivity contribution in [3.63, 3.8) is 0 Å². The Labute approximate surface area is 93.0 Å². The summed E-state index contributed by atoms with van der Waals surface area (Å²) >= 11 is 5.56. The Bertz CT molecular complexity index is 461. The van der Waals surface area contributed by atoms with Gasteiger partial charge in [-0.15, -0.1) is 0 Å². The molecule has 0 aliphatic rings. The van der Waals surface area contributed by atoms with E-state index in [9.17, 15) is 12.8 Å². The van der Waals surface area contributed by atoms with Gasteiger partial charge in [0, 0.05) is 22.9 Å². The second-order valence-electron chi connectivity index (χ2n) is 3.36. The molecular weight excluding hydrogens is 241 g/mol. The zero-order chi connectivity index (χ0) is 11.6. The van der Waals surface area contributed by atoms with Crippen LogP contribution < -0.4 is 5.73 Å². The first-order valence-electron chi connectivity index (χ1n) is 4.18. The number of benzene rings is 1. The molecule has 0 saturated carbocycles. The topological polar surface area (TPSA) is 60.2 Å². The first-order chi connectivity index (χ1) is 6.79. The van der Waals surface area contributed by atoms with Gasteiger partial charge >= 0.3 is 0 Å². The fourth-order valence-corrected chi connectivity index (χ4v) is 2.21. The molecule has 6 heteroatoms. The van der Waals surface area contributed by atoms with Crippen molar-refractivity contribution in [1.29, 1.82) is 0 Å². The van der Waals surface area contributed by atoms with Crippen molar-refractivity contribution in [2.45, 2.75) is 6.04 Å². The van der Waals surface area contributed by atoms with Crippen molar-refractivity contribution in [1.82, 2.24) is 0 Å². The molecule has 0 aliphatic heterocycles. The Morgan fingerprint density at radius 3 is 2.60 bits per heavy atom. The minimum atomic E-state index is -3.22. The van der Waals surface area contributed by atoms with Gasteiger partial charge in [0.2, 0.25) is 0 Å². The molecule has 0 radical (unpaired) electrons. The molecule has 0 aromatic heterocycles. The van der Waals surface area contributed by atoms with Crippen LogP contribution in [-0.4, -0.2) is 20.4 Å². The van der Waals surface area contributed by atoms with Gasteiger partial charge in [-0.25, -0.2) is 12.8 Å². The van der Waals surface area contributed by atoms with E-state index < -0.39 is 21.7 Å². The van der Waals surface area contributed by atoms with Crippen LogP contribution in [0.15, 0.2) is 18.2 Å². The zero-order valence-electron chi connectivity index (χ0n) is 8.07. The van der Waals surface area contributed by atoms with Crippen molar-refractivity contribution >= 4 is 21.4 Å². The average molecular weight is 252 g/mol. The summed E-state index contributed by atoms with van der Waals surface area (Å²) in [7, 11) is -3.22. The smallest absolute Gasteiger partial charge is 0.149 e. The van der Waals surface area contributed by atoms with E-state index in [-0.39, 0.29) is 16.3 Å². The number of hydrogen-bond acceptors (Lipinski definition) is 3. The van der Waals surface area contributed by atoms with Gasteiger partial charge in [-0.3, -0.25) is 0 Å². The average Bonchev–Trinajstić information content (AvgIpc) is 1.99. The molecule has 0 spiro atoms. The molecule has 3 nitrogen and oxygen atoms in total. The maximum atomic E-state index is 13.3. The highest BCUT2D eigenvalue weighted by atomic mass is 35.5. The zero-order valence-corrected chi connectivity index (χ0v) is 9.65. The van der Waals surface area contributed by atoms with Crippen LogP contribution in [0.3, 0.4) is 0 Å². The summed E-state index contributed by atoms with van der Waals surface area (Å²) in [5.74, 6) is -0.871. The highest BCUT2D eigenvalue weighted by molar-refractivity contribution is 7.90. The standard InChI is InChI=1S/C9H11ClFNO2S/c1-15(13,14)5-9(12)7-3-2-6(10)4-8(7)11/h2-4,9H,5,12H2,1H3. The number of sulfone groups is 1. The number of nitrogens with two attached hydrogens (primary N) is 1. The molecule has 1 unspecified atom stereocenters. The van der Waals surface area contributed by atoms with Crippen LogP contribution in [0.1, 0.15) is 11.6 Å². The lowest BCUT2D eigenvalue weighted by atomic mass is 10.1. The van der Waals surface area contributed by atoms with Crippen molar-refractivity contribution in [2.24, 2.45) is 5.73 Å². The van der Waals surface area contributed by atoms with Gasteiger partial charge < -0.3 is 5.73 Å². The minimum absolute atomic E-state index is 0.157. The van der Waals surface area contributed by atoms with Crippen LogP contribution in [0, 0.1) is 5.82 Å². The first kappa shape index (κ1) is 12.4. The lowest BCUT2D eigenvalue weighted by Gasteiger charge is -2.11. The van der Waals surface area contributed by atoms with Crippen LogP contribution in [-0.2, 0) is 9.84 Å². The summed E-state index contributed by atoms with van der Waals surface area (Å²) in [6.07, 6.45) is 1.06. The summed E-state index contributed by atoms with van der Waals surface area (Å²) in [6.45, 7) is 0. The molecule has 0 bridgehead atoms. The molecule has 1 atom stereocenters. The molecular formula is C9H11ClFNO2S. The Kier molecular flexibility index (Phi) is 3.70. The molecule has 0 fully saturated rings. The summed E-state index contributed by atoms with van der Waals surface area (Å²) in [5, 5.41) is 0.253. The number of halogens is 2. The fraction of sp³-hybridized carbons (Fsp3) is 0.333. The van der Waals surface area contributed by atoms with E-state index in [2.05, 4.69) is 0 Å². The van der Waals surface area contributed by atoms with E-state index >= 15 is 0 Å². The fourth-order valence-electron chi connectivity index (χ4n) is 1.22. The van der Waals surface area contributed by atoms with Crippen molar-refractivity contribution in [2.75, 3.05) is 12.0 Å². The molecule has 0 amide bonds. The van der Waals surface area contributed by atoms with Gasteiger partial charge in [0.25, 0.3) is 0 Å². The summed E-state index contributed by atoms with van der Waals surface area (Å²) in [4.78, 5) is 0. The monoisotopic (exact) mass is 251 g/mol. The largest absolute Gasteiger partial charge is 0.323 e. The Morgan fingerprint density at radius 2 is 2.13 bits per heavy atom. The van der Waals surface area contributed by atoms with E-state index in [0.717, 1.165) is 12.3 Å². The Balaban J connectivity index is 2.97. The van der Waals surface area contributed by atoms with Gasteiger partial charge in [-0.05, 0) is 12.1 Å². The molecule has 1 aromatic rings. The number of rotatable bonds is 3. The van der Waals surface area contributed by atoms with Crippen LogP contribution in [0.5, 0.6) is 0 Å². The van der Waals surface area contributed by atoms with E-state index in [0.29, 0.717) is 0 Å². The van der Waals surface area contributed by atoms with Crippen molar-refractivity contribution in [3.05, 3.63) is 34.6 Å². The van der Waals surface area contributed by atoms with Gasteiger partial charge in [-0.2, -0.15) is 0 Å². The third kappa shape index (κ3) is 3.77. The summed E-state index contributed by atoms with van der Waals surface area (Å²) < 4.78 is 35.2. The van der Waals surface area contributed by atoms with Gasteiger partial charge in [0.15, 0.2) is 0 Å². The molecule has 1 aromatic carbocycles. The minimum Gasteiger partial charge on any atom is -0.323 e. The molecule has 0 saturated heterocycles. The maximum Gasteiger partial charge on any atom is 0.149 e. The Hall–Kier alpha value is -0.650. The van der Waals surface area contributed by atoms with E-state index in [1.165, 1.54) is 12.1 Å². The molecule has 84 valence electrons. The highest BCUT2D eigenvalue weighted by Gasteiger charge is 2.16. The lowest BCUT2D eigenvalue weighted by molar-refractivity contribution is 0.578. The molecule has 0 heterocycles. The molecule has 1 rings (SSSR count). The van der Waals surface area contributed by atoms with Crippen molar-refractivity contribution in [3.8, 4) is 0 Å². The first-order valence-corrected chi connectivity index (χ1v) is 6.61. The van der Waals surface area contributed by atoms with E-state index in [1.807, 2.05) is 0 Å². The second kappa shape index (κ2) is 4.47. The van der Waals surface area contributed by atoms with Crippen LogP contribution in [0.2, 0.25) is 5.02 Å². The third-order valence-corrected chi connectivity index (χ3v) is 3.04. The van der Waals surface area contributed by atoms with Crippen LogP contribution >= 0.6 is 11.6 Å². The van der Waals surface area contributed by atoms with Gasteiger partial charge in [-0.1, -0.05) is 17.7 Å². The molecule has 0 aliphatic carbocycles. The van der Waals surface area contributed by atoms with Crippen LogP contribution in [0.25, 0.3) is 0 Å². The second-order valence-corrected chi connectivity index (χ2v) is 5.99. The maximum absolute atomic E-state index is 13.3. The lowest BCUT2D eigenvalue weighted by Crippen LogP contribution is -2.21. The van der Waals surface area contributed by atoms with E-state index in [4.69, 9.17) is 17.3 Å². The summed E-state index contributed by atoms with van der Waals surface area (Å²) in [5.41, 5.74) is 5.73. The number of hydrogen-bond donors (Lipinski definition) is 1. The predicted molar refractivity (Wildman–Crippen MR) is 58.0 cm³/mol. The SMILES string of the molecule is CS(=O)(=O)CC(N)c1ccc(Cl)cc1F. The normalized spacial score (nSPS) is 13.9. The van der Waals surface area contributed by atoms with Gasteiger partial charge in [0.1, 0.15) is 15.7 Å². The Morgan fingerprint density at radius 1 is 1.53 bits per heavy atom. The van der Waals surface area contributed by atoms with Crippen molar-refractivity contribution < 1.29 is 12.8 Å². The van der Waals surface area contributed by atoms with E-state index in [1.54, 1.807) is 0 Å². The quantitative estimate of drug-likeness (QED) is 0.886. The van der Waals surface area contributed by atoms with Crippen LogP contribution in [0.4, 0.5) is 4.39 Å². The molecule has 15 heavy (non-hydrogen) atoms. The predicted octanol–water partition coefficient (Wildman–Crippen LogP) is 1.52. The van der Waals surface area contributed by atoms with Gasteiger partial charge in [0.05, 0.1) is 5.75 Å². The molecule has 2 N–H and O–H groups in total.